The van der Waals surface area contributed by atoms with Gasteiger partial charge < -0.3 is 14.8 Å². The average molecular weight is 326 g/mol. The van der Waals surface area contributed by atoms with Crippen molar-refractivity contribution >= 4 is 21.7 Å². The Kier molecular flexibility index (Phi) is 3.47. The fourth-order valence-corrected chi connectivity index (χ4v) is 5.29. The van der Waals surface area contributed by atoms with Gasteiger partial charge in [0, 0.05) is 25.7 Å². The number of aryl methyl sites for hydroxylation is 1. The number of nitrogens with one attached hydrogen (secondary N) is 1. The van der Waals surface area contributed by atoms with Crippen LogP contribution in [-0.4, -0.2) is 76.7 Å². The van der Waals surface area contributed by atoms with Crippen LogP contribution in [0.2, 0.25) is 0 Å². The van der Waals surface area contributed by atoms with Crippen LogP contribution >= 0.6 is 0 Å². The molecule has 0 aliphatic carbocycles. The first-order valence-electron chi connectivity index (χ1n) is 7.09. The quantitative estimate of drug-likeness (QED) is 0.727. The summed E-state index contributed by atoms with van der Waals surface area (Å²) < 4.78 is 24.0. The highest BCUT2D eigenvalue weighted by Gasteiger charge is 2.49. The van der Waals surface area contributed by atoms with Crippen LogP contribution in [0.1, 0.15) is 23.1 Å². The molecule has 1 aromatic rings. The molecule has 120 valence electrons. The van der Waals surface area contributed by atoms with Gasteiger partial charge >= 0.3 is 0 Å². The van der Waals surface area contributed by atoms with Gasteiger partial charge in [-0.25, -0.2) is 13.4 Å². The van der Waals surface area contributed by atoms with E-state index >= 15 is 0 Å². The van der Waals surface area contributed by atoms with Gasteiger partial charge in [0.05, 0.1) is 29.9 Å². The second kappa shape index (κ2) is 5.08. The summed E-state index contributed by atoms with van der Waals surface area (Å²) in [5.74, 6) is -0.624. The van der Waals surface area contributed by atoms with Gasteiger partial charge in [-0.15, -0.1) is 0 Å². The first kappa shape index (κ1) is 15.0. The summed E-state index contributed by atoms with van der Waals surface area (Å²) in [6.07, 6.45) is 1.44. The largest absolute Gasteiger partial charge is 0.348 e. The summed E-state index contributed by atoms with van der Waals surface area (Å²) in [4.78, 5) is 34.4. The maximum absolute atomic E-state index is 12.7. The molecule has 0 spiro atoms. The van der Waals surface area contributed by atoms with Crippen molar-refractivity contribution in [1.82, 2.24) is 19.8 Å². The van der Waals surface area contributed by atoms with E-state index in [1.165, 1.54) is 13.3 Å². The molecule has 0 radical (unpaired) electrons. The standard InChI is InChI=1S/C13H18N4O4S/c1-8-12(15-7-14-8)13(19)17-4-3-16(9(2)18)10-5-22(20,21)6-11(10)17/h7,10-11H,3-6H2,1-2H3,(H,14,15)/t10-,11+/m0/s1. The van der Waals surface area contributed by atoms with Crippen molar-refractivity contribution in [3.8, 4) is 0 Å². The van der Waals surface area contributed by atoms with Crippen LogP contribution < -0.4 is 0 Å². The number of imidazole rings is 1. The fraction of sp³-hybridized carbons (Fsp3) is 0.615. The number of amides is 2. The van der Waals surface area contributed by atoms with E-state index in [4.69, 9.17) is 0 Å². The number of aromatic amines is 1. The van der Waals surface area contributed by atoms with E-state index in [0.717, 1.165) is 0 Å². The number of aromatic nitrogens is 2. The minimum atomic E-state index is -3.26. The third-order valence-electron chi connectivity index (χ3n) is 4.37. The number of rotatable bonds is 1. The second-order valence-corrected chi connectivity index (χ2v) is 7.95. The van der Waals surface area contributed by atoms with E-state index in [1.54, 1.807) is 16.7 Å². The third kappa shape index (κ3) is 2.39. The molecule has 0 aromatic carbocycles. The fourth-order valence-electron chi connectivity index (χ4n) is 3.31. The Morgan fingerprint density at radius 3 is 2.36 bits per heavy atom. The molecular formula is C13H18N4O4S. The van der Waals surface area contributed by atoms with Crippen LogP contribution in [0.5, 0.6) is 0 Å². The molecule has 1 aromatic heterocycles. The van der Waals surface area contributed by atoms with E-state index in [2.05, 4.69) is 9.97 Å². The molecule has 0 bridgehead atoms. The van der Waals surface area contributed by atoms with Crippen molar-refractivity contribution in [2.75, 3.05) is 24.6 Å². The average Bonchev–Trinajstić information content (AvgIpc) is 2.98. The number of hydrogen-bond donors (Lipinski definition) is 1. The zero-order valence-corrected chi connectivity index (χ0v) is 13.3. The predicted molar refractivity (Wildman–Crippen MR) is 78.0 cm³/mol. The van der Waals surface area contributed by atoms with E-state index in [0.29, 0.717) is 24.5 Å². The number of sulfone groups is 1. The van der Waals surface area contributed by atoms with Gasteiger partial charge in [-0.2, -0.15) is 0 Å². The first-order valence-corrected chi connectivity index (χ1v) is 8.91. The summed E-state index contributed by atoms with van der Waals surface area (Å²) in [6.45, 7) is 3.84. The van der Waals surface area contributed by atoms with Gasteiger partial charge in [-0.1, -0.05) is 0 Å². The van der Waals surface area contributed by atoms with Crippen molar-refractivity contribution in [3.05, 3.63) is 17.7 Å². The number of nitrogens with zero attached hydrogens (tertiary/aromatic N) is 3. The minimum absolute atomic E-state index is 0.0828. The molecule has 2 aliphatic rings. The van der Waals surface area contributed by atoms with Gasteiger partial charge in [0.2, 0.25) is 5.91 Å². The highest BCUT2D eigenvalue weighted by atomic mass is 32.2. The normalized spacial score (nSPS) is 26.8. The molecule has 1 N–H and O–H groups in total. The highest BCUT2D eigenvalue weighted by Crippen LogP contribution is 2.28. The van der Waals surface area contributed by atoms with E-state index in [1.807, 2.05) is 0 Å². The van der Waals surface area contributed by atoms with Crippen molar-refractivity contribution in [1.29, 1.82) is 0 Å². The van der Waals surface area contributed by atoms with Crippen LogP contribution in [-0.2, 0) is 14.6 Å². The van der Waals surface area contributed by atoms with Gasteiger partial charge in [0.25, 0.3) is 5.91 Å². The number of carbonyl (C=O) groups is 2. The molecule has 0 saturated carbocycles. The highest BCUT2D eigenvalue weighted by molar-refractivity contribution is 7.91. The summed E-state index contributed by atoms with van der Waals surface area (Å²) in [7, 11) is -3.26. The Bertz CT molecular complexity index is 726. The predicted octanol–water partition coefficient (Wildman–Crippen LogP) is -0.812. The van der Waals surface area contributed by atoms with Crippen molar-refractivity contribution < 1.29 is 18.0 Å². The smallest absolute Gasteiger partial charge is 0.274 e. The number of piperazine rings is 1. The summed E-state index contributed by atoms with van der Waals surface area (Å²) >= 11 is 0. The van der Waals surface area contributed by atoms with Crippen LogP contribution in [0, 0.1) is 6.92 Å². The summed E-state index contributed by atoms with van der Waals surface area (Å²) in [6, 6.07) is -0.953. The van der Waals surface area contributed by atoms with Crippen LogP contribution in [0.25, 0.3) is 0 Å². The number of carbonyl (C=O) groups excluding carboxylic acids is 2. The molecular weight excluding hydrogens is 308 g/mol. The molecule has 2 amide bonds. The monoisotopic (exact) mass is 326 g/mol. The van der Waals surface area contributed by atoms with E-state index in [9.17, 15) is 18.0 Å². The molecule has 2 saturated heterocycles. The Morgan fingerprint density at radius 1 is 1.23 bits per heavy atom. The zero-order valence-electron chi connectivity index (χ0n) is 12.4. The zero-order chi connectivity index (χ0) is 16.1. The number of fused-ring (bicyclic) bond motifs is 1. The molecule has 9 heteroatoms. The summed E-state index contributed by atoms with van der Waals surface area (Å²) in [5, 5.41) is 0. The minimum Gasteiger partial charge on any atom is -0.348 e. The lowest BCUT2D eigenvalue weighted by Gasteiger charge is -2.43. The number of hydrogen-bond acceptors (Lipinski definition) is 5. The van der Waals surface area contributed by atoms with Crippen LogP contribution in [0.3, 0.4) is 0 Å². The molecule has 3 heterocycles. The lowest BCUT2D eigenvalue weighted by molar-refractivity contribution is -0.133. The molecule has 2 fully saturated rings. The lowest BCUT2D eigenvalue weighted by atomic mass is 10.0. The Morgan fingerprint density at radius 2 is 1.82 bits per heavy atom. The van der Waals surface area contributed by atoms with Crippen molar-refractivity contribution in [2.24, 2.45) is 0 Å². The van der Waals surface area contributed by atoms with Gasteiger partial charge in [0.1, 0.15) is 5.69 Å². The second-order valence-electron chi connectivity index (χ2n) is 5.80. The van der Waals surface area contributed by atoms with Crippen molar-refractivity contribution in [2.45, 2.75) is 25.9 Å². The summed E-state index contributed by atoms with van der Waals surface area (Å²) in [5.41, 5.74) is 0.954. The Balaban J connectivity index is 1.93. The van der Waals surface area contributed by atoms with E-state index in [-0.39, 0.29) is 23.3 Å². The molecule has 2 aliphatic heterocycles. The van der Waals surface area contributed by atoms with Gasteiger partial charge in [0.15, 0.2) is 9.84 Å². The molecule has 2 atom stereocenters. The SMILES string of the molecule is CC(=O)N1CCN(C(=O)c2nc[nH]c2C)[C@@H]2CS(=O)(=O)C[C@@H]21. The third-order valence-corrected chi connectivity index (χ3v) is 6.07. The Hall–Kier alpha value is -1.90. The van der Waals surface area contributed by atoms with Gasteiger partial charge in [-0.3, -0.25) is 9.59 Å². The maximum Gasteiger partial charge on any atom is 0.274 e. The van der Waals surface area contributed by atoms with E-state index < -0.39 is 21.9 Å². The topological polar surface area (TPSA) is 103 Å². The molecule has 22 heavy (non-hydrogen) atoms. The van der Waals surface area contributed by atoms with Crippen LogP contribution in [0.4, 0.5) is 0 Å². The van der Waals surface area contributed by atoms with Crippen LogP contribution in [0.15, 0.2) is 6.33 Å². The maximum atomic E-state index is 12.7. The van der Waals surface area contributed by atoms with Crippen molar-refractivity contribution in [3.63, 3.8) is 0 Å². The van der Waals surface area contributed by atoms with Gasteiger partial charge in [-0.05, 0) is 6.92 Å². The number of H-pyrrole nitrogens is 1. The Labute approximate surface area is 128 Å². The molecule has 3 rings (SSSR count). The first-order chi connectivity index (χ1) is 10.3. The molecule has 8 nitrogen and oxygen atoms in total. The lowest BCUT2D eigenvalue weighted by Crippen LogP contribution is -2.61. The molecule has 0 unspecified atom stereocenters.